The smallest absolute Gasteiger partial charge is 0.193 e. The van der Waals surface area contributed by atoms with Crippen LogP contribution in [-0.2, 0) is 6.54 Å². The van der Waals surface area contributed by atoms with Gasteiger partial charge in [0.05, 0.1) is 12.7 Å². The SMILES string of the molecule is CCN(CC)CC1CCN(C(=NC)NCCn2cc(C)cn2)C1. The van der Waals surface area contributed by atoms with E-state index in [1.807, 2.05) is 17.9 Å². The van der Waals surface area contributed by atoms with Crippen molar-refractivity contribution in [2.24, 2.45) is 10.9 Å². The number of aliphatic imine (C=N–C) groups is 1. The second-order valence-corrected chi connectivity index (χ2v) is 6.34. The Morgan fingerprint density at radius 1 is 1.43 bits per heavy atom. The minimum Gasteiger partial charge on any atom is -0.354 e. The molecule has 23 heavy (non-hydrogen) atoms. The Morgan fingerprint density at radius 3 is 2.83 bits per heavy atom. The molecule has 6 heteroatoms. The highest BCUT2D eigenvalue weighted by Gasteiger charge is 2.25. The normalized spacial score (nSPS) is 18.9. The minimum atomic E-state index is 0.752. The van der Waals surface area contributed by atoms with Gasteiger partial charge in [0.2, 0.25) is 0 Å². The number of nitrogens with one attached hydrogen (secondary N) is 1. The summed E-state index contributed by atoms with van der Waals surface area (Å²) in [5.74, 6) is 1.78. The summed E-state index contributed by atoms with van der Waals surface area (Å²) in [5.41, 5.74) is 1.20. The first-order valence-electron chi connectivity index (χ1n) is 8.83. The molecule has 0 saturated carbocycles. The maximum atomic E-state index is 4.45. The molecule has 1 atom stereocenters. The Bertz CT molecular complexity index is 491. The van der Waals surface area contributed by atoms with Gasteiger partial charge in [-0.3, -0.25) is 9.67 Å². The van der Waals surface area contributed by atoms with Gasteiger partial charge < -0.3 is 15.1 Å². The number of aryl methyl sites for hydroxylation is 1. The molecule has 1 fully saturated rings. The summed E-state index contributed by atoms with van der Waals surface area (Å²) in [7, 11) is 1.87. The third kappa shape index (κ3) is 5.23. The van der Waals surface area contributed by atoms with Crippen molar-refractivity contribution in [3.05, 3.63) is 18.0 Å². The summed E-state index contributed by atoms with van der Waals surface area (Å²) >= 11 is 0. The van der Waals surface area contributed by atoms with Crippen LogP contribution in [-0.4, -0.2) is 71.9 Å². The van der Waals surface area contributed by atoms with Crippen LogP contribution in [0.5, 0.6) is 0 Å². The molecule has 1 unspecified atom stereocenters. The molecule has 6 nitrogen and oxygen atoms in total. The minimum absolute atomic E-state index is 0.752. The summed E-state index contributed by atoms with van der Waals surface area (Å²) in [5, 5.41) is 7.79. The van der Waals surface area contributed by atoms with Crippen LogP contribution >= 0.6 is 0 Å². The number of likely N-dealkylation sites (tertiary alicyclic amines) is 1. The number of aromatic nitrogens is 2. The van der Waals surface area contributed by atoms with E-state index in [1.165, 1.54) is 18.5 Å². The van der Waals surface area contributed by atoms with E-state index in [2.05, 4.69) is 52.2 Å². The van der Waals surface area contributed by atoms with E-state index in [9.17, 15) is 0 Å². The summed E-state index contributed by atoms with van der Waals surface area (Å²) in [6, 6.07) is 0. The Labute approximate surface area is 140 Å². The molecule has 130 valence electrons. The number of rotatable bonds is 7. The third-order valence-electron chi connectivity index (χ3n) is 4.59. The van der Waals surface area contributed by atoms with E-state index >= 15 is 0 Å². The molecule has 2 heterocycles. The molecule has 0 bridgehead atoms. The van der Waals surface area contributed by atoms with E-state index < -0.39 is 0 Å². The highest BCUT2D eigenvalue weighted by atomic mass is 15.3. The van der Waals surface area contributed by atoms with Crippen molar-refractivity contribution in [3.8, 4) is 0 Å². The van der Waals surface area contributed by atoms with Gasteiger partial charge in [0, 0.05) is 39.4 Å². The van der Waals surface area contributed by atoms with Crippen molar-refractivity contribution in [3.63, 3.8) is 0 Å². The Kier molecular flexibility index (Phi) is 6.89. The van der Waals surface area contributed by atoms with Crippen molar-refractivity contribution in [2.75, 3.05) is 46.3 Å². The lowest BCUT2D eigenvalue weighted by molar-refractivity contribution is 0.255. The average Bonchev–Trinajstić information content (AvgIpc) is 3.18. The van der Waals surface area contributed by atoms with Crippen LogP contribution < -0.4 is 5.32 Å². The molecule has 0 aromatic carbocycles. The molecular weight excluding hydrogens is 288 g/mol. The first kappa shape index (κ1) is 17.8. The van der Waals surface area contributed by atoms with Crippen molar-refractivity contribution in [2.45, 2.75) is 33.7 Å². The lowest BCUT2D eigenvalue weighted by Gasteiger charge is -2.24. The summed E-state index contributed by atoms with van der Waals surface area (Å²) < 4.78 is 1.97. The summed E-state index contributed by atoms with van der Waals surface area (Å²) in [6.07, 6.45) is 5.23. The molecule has 0 aliphatic carbocycles. The zero-order valence-electron chi connectivity index (χ0n) is 15.1. The highest BCUT2D eigenvalue weighted by Crippen LogP contribution is 2.17. The Balaban J connectivity index is 1.76. The fourth-order valence-corrected chi connectivity index (χ4v) is 3.22. The van der Waals surface area contributed by atoms with E-state index in [1.54, 1.807) is 0 Å². The van der Waals surface area contributed by atoms with Gasteiger partial charge in [-0.1, -0.05) is 13.8 Å². The quantitative estimate of drug-likeness (QED) is 0.610. The largest absolute Gasteiger partial charge is 0.354 e. The van der Waals surface area contributed by atoms with Gasteiger partial charge in [0.15, 0.2) is 5.96 Å². The van der Waals surface area contributed by atoms with Gasteiger partial charge in [-0.15, -0.1) is 0 Å². The van der Waals surface area contributed by atoms with Gasteiger partial charge in [-0.05, 0) is 37.9 Å². The summed E-state index contributed by atoms with van der Waals surface area (Å²) in [6.45, 7) is 14.0. The highest BCUT2D eigenvalue weighted by molar-refractivity contribution is 5.80. The molecule has 0 radical (unpaired) electrons. The van der Waals surface area contributed by atoms with Crippen LogP contribution in [0.4, 0.5) is 0 Å². The number of hydrogen-bond acceptors (Lipinski definition) is 3. The van der Waals surface area contributed by atoms with Crippen molar-refractivity contribution >= 4 is 5.96 Å². The van der Waals surface area contributed by atoms with Crippen LogP contribution in [0.25, 0.3) is 0 Å². The first-order valence-corrected chi connectivity index (χ1v) is 8.83. The van der Waals surface area contributed by atoms with Crippen molar-refractivity contribution in [1.82, 2.24) is 24.9 Å². The van der Waals surface area contributed by atoms with E-state index in [0.29, 0.717) is 0 Å². The summed E-state index contributed by atoms with van der Waals surface area (Å²) in [4.78, 5) is 9.36. The zero-order chi connectivity index (χ0) is 16.7. The molecular formula is C17H32N6. The van der Waals surface area contributed by atoms with Crippen LogP contribution in [0, 0.1) is 12.8 Å². The molecule has 0 amide bonds. The molecule has 1 aromatic heterocycles. The maximum absolute atomic E-state index is 4.45. The molecule has 1 aromatic rings. The van der Waals surface area contributed by atoms with Crippen LogP contribution in [0.2, 0.25) is 0 Å². The van der Waals surface area contributed by atoms with Crippen LogP contribution in [0.3, 0.4) is 0 Å². The predicted molar refractivity (Wildman–Crippen MR) is 95.8 cm³/mol. The third-order valence-corrected chi connectivity index (χ3v) is 4.59. The second-order valence-electron chi connectivity index (χ2n) is 6.34. The molecule has 1 N–H and O–H groups in total. The zero-order valence-corrected chi connectivity index (χ0v) is 15.1. The van der Waals surface area contributed by atoms with Gasteiger partial charge in [0.25, 0.3) is 0 Å². The van der Waals surface area contributed by atoms with Gasteiger partial charge in [-0.2, -0.15) is 5.10 Å². The molecule has 2 rings (SSSR count). The Morgan fingerprint density at radius 2 is 2.22 bits per heavy atom. The van der Waals surface area contributed by atoms with Crippen molar-refractivity contribution < 1.29 is 0 Å². The van der Waals surface area contributed by atoms with E-state index in [-0.39, 0.29) is 0 Å². The lowest BCUT2D eigenvalue weighted by Crippen LogP contribution is -2.42. The van der Waals surface area contributed by atoms with Gasteiger partial charge in [-0.25, -0.2) is 0 Å². The maximum Gasteiger partial charge on any atom is 0.193 e. The van der Waals surface area contributed by atoms with Crippen molar-refractivity contribution in [1.29, 1.82) is 0 Å². The topological polar surface area (TPSA) is 48.7 Å². The van der Waals surface area contributed by atoms with Gasteiger partial charge in [0.1, 0.15) is 0 Å². The second kappa shape index (κ2) is 8.91. The number of hydrogen-bond donors (Lipinski definition) is 1. The van der Waals surface area contributed by atoms with E-state index in [4.69, 9.17) is 0 Å². The molecule has 1 aliphatic heterocycles. The molecule has 0 spiro atoms. The van der Waals surface area contributed by atoms with Gasteiger partial charge >= 0.3 is 0 Å². The standard InChI is InChI=1S/C17H32N6/c1-5-21(6-2)13-16-7-9-22(14-16)17(18-4)19-8-10-23-12-15(3)11-20-23/h11-12,16H,5-10,13-14H2,1-4H3,(H,18,19). The van der Waals surface area contributed by atoms with Crippen LogP contribution in [0.15, 0.2) is 17.4 Å². The number of guanidine groups is 1. The monoisotopic (exact) mass is 320 g/mol. The molecule has 1 saturated heterocycles. The first-order chi connectivity index (χ1) is 11.2. The Hall–Kier alpha value is -1.56. The van der Waals surface area contributed by atoms with E-state index in [0.717, 1.165) is 51.1 Å². The molecule has 1 aliphatic rings. The average molecular weight is 320 g/mol. The van der Waals surface area contributed by atoms with Crippen LogP contribution in [0.1, 0.15) is 25.8 Å². The predicted octanol–water partition coefficient (Wildman–Crippen LogP) is 1.43. The fraction of sp³-hybridized carbons (Fsp3) is 0.765. The lowest BCUT2D eigenvalue weighted by atomic mass is 10.1. The fourth-order valence-electron chi connectivity index (χ4n) is 3.22. The number of nitrogens with zero attached hydrogens (tertiary/aromatic N) is 5.